The summed E-state index contributed by atoms with van der Waals surface area (Å²) in [6.45, 7) is 6.17. The molecule has 1 amide bonds. The third-order valence-electron chi connectivity index (χ3n) is 5.02. The topological polar surface area (TPSA) is 42.4 Å². The molecule has 0 unspecified atom stereocenters. The van der Waals surface area contributed by atoms with Crippen LogP contribution in [-0.2, 0) is 17.3 Å². The molecule has 1 saturated carbocycles. The molecule has 4 nitrogen and oxygen atoms in total. The summed E-state index contributed by atoms with van der Waals surface area (Å²) in [6, 6.07) is 2.07. The van der Waals surface area contributed by atoms with E-state index < -0.39 is 17.3 Å². The third kappa shape index (κ3) is 4.68. The molecule has 1 aromatic rings. The molecule has 0 spiro atoms. The molecule has 7 heteroatoms. The normalized spacial score (nSPS) is 25.6. The Hall–Kier alpha value is -1.79. The second-order valence-corrected chi connectivity index (χ2v) is 8.35. The smallest absolute Gasteiger partial charge is 0.416 e. The monoisotopic (exact) mass is 370 g/mol. The molecule has 1 saturated heterocycles. The molecular formula is C19H25F3N2O2. The van der Waals surface area contributed by atoms with Crippen LogP contribution in [0, 0.1) is 11.8 Å². The van der Waals surface area contributed by atoms with Crippen molar-refractivity contribution in [2.45, 2.75) is 64.3 Å². The van der Waals surface area contributed by atoms with Gasteiger partial charge in [-0.2, -0.15) is 13.2 Å². The molecule has 0 bridgehead atoms. The second kappa shape index (κ2) is 6.74. The summed E-state index contributed by atoms with van der Waals surface area (Å²) < 4.78 is 44.1. The largest absolute Gasteiger partial charge is 0.444 e. The number of aryl methyl sites for hydroxylation is 1. The minimum absolute atomic E-state index is 0.00931. The van der Waals surface area contributed by atoms with E-state index in [1.807, 2.05) is 20.8 Å². The Morgan fingerprint density at radius 3 is 2.65 bits per heavy atom. The standard InChI is InChI=1S/C19H25F3N2O2/c1-18(2,3)26-17(25)24-11-13-8-12(13)9-16(24)5-4-15-10-14(6-7-23-15)19(20,21)22/h6-7,10,12-13,16H,4-5,8-9,11H2,1-3H3/t12-,13+,16-/m1/s1. The lowest BCUT2D eigenvalue weighted by atomic mass is 9.97. The highest BCUT2D eigenvalue weighted by molar-refractivity contribution is 5.69. The lowest BCUT2D eigenvalue weighted by Crippen LogP contribution is -2.47. The van der Waals surface area contributed by atoms with Gasteiger partial charge in [0.15, 0.2) is 0 Å². The van der Waals surface area contributed by atoms with Gasteiger partial charge in [0.05, 0.1) is 5.56 Å². The number of carbonyl (C=O) groups is 1. The van der Waals surface area contributed by atoms with Gasteiger partial charge in [-0.05, 0) is 70.4 Å². The van der Waals surface area contributed by atoms with Crippen molar-refractivity contribution in [3.63, 3.8) is 0 Å². The number of rotatable bonds is 3. The summed E-state index contributed by atoms with van der Waals surface area (Å²) in [5, 5.41) is 0. The van der Waals surface area contributed by atoms with Crippen LogP contribution in [0.3, 0.4) is 0 Å². The van der Waals surface area contributed by atoms with Gasteiger partial charge in [-0.15, -0.1) is 0 Å². The van der Waals surface area contributed by atoms with E-state index in [0.717, 1.165) is 25.0 Å². The number of aromatic nitrogens is 1. The predicted octanol–water partition coefficient (Wildman–Crippen LogP) is 4.68. The average molecular weight is 370 g/mol. The van der Waals surface area contributed by atoms with Crippen LogP contribution in [0.4, 0.5) is 18.0 Å². The fourth-order valence-electron chi connectivity index (χ4n) is 3.62. The number of alkyl halides is 3. The van der Waals surface area contributed by atoms with Crippen LogP contribution in [0.5, 0.6) is 0 Å². The maximum Gasteiger partial charge on any atom is 0.416 e. The maximum absolute atomic E-state index is 12.8. The molecule has 26 heavy (non-hydrogen) atoms. The first-order valence-corrected chi connectivity index (χ1v) is 9.04. The van der Waals surface area contributed by atoms with Gasteiger partial charge in [-0.1, -0.05) is 0 Å². The average Bonchev–Trinajstić information content (AvgIpc) is 3.28. The fourth-order valence-corrected chi connectivity index (χ4v) is 3.62. The zero-order chi connectivity index (χ0) is 19.1. The Morgan fingerprint density at radius 2 is 2.00 bits per heavy atom. The van der Waals surface area contributed by atoms with Gasteiger partial charge in [0.25, 0.3) is 0 Å². The lowest BCUT2D eigenvalue weighted by molar-refractivity contribution is -0.137. The molecule has 1 aliphatic heterocycles. The SMILES string of the molecule is CC(C)(C)OC(=O)N1C[C@@H]2C[C@@H]2C[C@H]1CCc1cc(C(F)(F)F)ccn1. The zero-order valence-electron chi connectivity index (χ0n) is 15.3. The van der Waals surface area contributed by atoms with Crippen molar-refractivity contribution < 1.29 is 22.7 Å². The highest BCUT2D eigenvalue weighted by Gasteiger charge is 2.47. The number of piperidine rings is 1. The number of hydrogen-bond acceptors (Lipinski definition) is 3. The maximum atomic E-state index is 12.8. The Balaban J connectivity index is 1.66. The zero-order valence-corrected chi connectivity index (χ0v) is 15.3. The molecule has 2 aliphatic rings. The number of fused-ring (bicyclic) bond motifs is 1. The van der Waals surface area contributed by atoms with E-state index >= 15 is 0 Å². The number of amides is 1. The molecule has 2 fully saturated rings. The van der Waals surface area contributed by atoms with Crippen molar-refractivity contribution in [2.24, 2.45) is 11.8 Å². The second-order valence-electron chi connectivity index (χ2n) is 8.35. The van der Waals surface area contributed by atoms with Gasteiger partial charge >= 0.3 is 12.3 Å². The summed E-state index contributed by atoms with van der Waals surface area (Å²) in [7, 11) is 0. The van der Waals surface area contributed by atoms with Crippen molar-refractivity contribution >= 4 is 6.09 Å². The summed E-state index contributed by atoms with van der Waals surface area (Å²) in [6.07, 6.45) is -0.485. The fraction of sp³-hybridized carbons (Fsp3) is 0.684. The van der Waals surface area contributed by atoms with Crippen LogP contribution in [0.15, 0.2) is 18.3 Å². The highest BCUT2D eigenvalue weighted by Crippen LogP contribution is 2.48. The molecule has 2 heterocycles. The van der Waals surface area contributed by atoms with Gasteiger partial charge in [0.2, 0.25) is 0 Å². The van der Waals surface area contributed by atoms with Crippen LogP contribution in [-0.4, -0.2) is 34.2 Å². The Morgan fingerprint density at radius 1 is 1.27 bits per heavy atom. The lowest BCUT2D eigenvalue weighted by Gasteiger charge is -2.36. The van der Waals surface area contributed by atoms with Crippen molar-refractivity contribution in [1.29, 1.82) is 0 Å². The summed E-state index contributed by atoms with van der Waals surface area (Å²) >= 11 is 0. The van der Waals surface area contributed by atoms with Crippen molar-refractivity contribution in [3.05, 3.63) is 29.6 Å². The van der Waals surface area contributed by atoms with Crippen LogP contribution in [0.2, 0.25) is 0 Å². The summed E-state index contributed by atoms with van der Waals surface area (Å²) in [4.78, 5) is 18.4. The predicted molar refractivity (Wildman–Crippen MR) is 90.5 cm³/mol. The van der Waals surface area contributed by atoms with Crippen LogP contribution >= 0.6 is 0 Å². The highest BCUT2D eigenvalue weighted by atomic mass is 19.4. The summed E-state index contributed by atoms with van der Waals surface area (Å²) in [5.41, 5.74) is -0.843. The minimum Gasteiger partial charge on any atom is -0.444 e. The minimum atomic E-state index is -4.37. The van der Waals surface area contributed by atoms with E-state index in [0.29, 0.717) is 36.9 Å². The number of likely N-dealkylation sites (tertiary alicyclic amines) is 1. The third-order valence-corrected chi connectivity index (χ3v) is 5.02. The molecule has 144 valence electrons. The van der Waals surface area contributed by atoms with Gasteiger partial charge in [0, 0.05) is 24.5 Å². The van der Waals surface area contributed by atoms with E-state index in [1.165, 1.54) is 6.20 Å². The molecule has 3 atom stereocenters. The number of carbonyl (C=O) groups excluding carboxylic acids is 1. The van der Waals surface area contributed by atoms with Crippen LogP contribution in [0.1, 0.15) is 51.3 Å². The first kappa shape index (κ1) is 19.0. The molecule has 1 aromatic heterocycles. The number of hydrogen-bond donors (Lipinski definition) is 0. The van der Waals surface area contributed by atoms with Crippen molar-refractivity contribution in [3.8, 4) is 0 Å². The van der Waals surface area contributed by atoms with Gasteiger partial charge in [-0.25, -0.2) is 4.79 Å². The quantitative estimate of drug-likeness (QED) is 0.776. The molecule has 0 aromatic carbocycles. The molecule has 0 radical (unpaired) electrons. The number of ether oxygens (including phenoxy) is 1. The molecule has 1 aliphatic carbocycles. The van der Waals surface area contributed by atoms with Crippen molar-refractivity contribution in [2.75, 3.05) is 6.54 Å². The molecular weight excluding hydrogens is 345 g/mol. The van der Waals surface area contributed by atoms with Gasteiger partial charge in [-0.3, -0.25) is 4.98 Å². The van der Waals surface area contributed by atoms with Gasteiger partial charge in [0.1, 0.15) is 5.60 Å². The van der Waals surface area contributed by atoms with Gasteiger partial charge < -0.3 is 9.64 Å². The Labute approximate surface area is 151 Å². The van der Waals surface area contributed by atoms with E-state index in [9.17, 15) is 18.0 Å². The van der Waals surface area contributed by atoms with Crippen LogP contribution < -0.4 is 0 Å². The number of halogens is 3. The Bertz CT molecular complexity index is 669. The van der Waals surface area contributed by atoms with E-state index in [2.05, 4.69) is 4.98 Å². The van der Waals surface area contributed by atoms with E-state index in [-0.39, 0.29) is 12.1 Å². The molecule has 0 N–H and O–H groups in total. The first-order chi connectivity index (χ1) is 12.0. The first-order valence-electron chi connectivity index (χ1n) is 9.04. The Kier molecular flexibility index (Phi) is 4.92. The van der Waals surface area contributed by atoms with E-state index in [4.69, 9.17) is 4.74 Å². The number of nitrogens with zero attached hydrogens (tertiary/aromatic N) is 2. The van der Waals surface area contributed by atoms with E-state index in [1.54, 1.807) is 4.90 Å². The van der Waals surface area contributed by atoms with Crippen molar-refractivity contribution in [1.82, 2.24) is 9.88 Å². The van der Waals surface area contributed by atoms with Crippen LogP contribution in [0.25, 0.3) is 0 Å². The number of pyridine rings is 1. The molecule has 3 rings (SSSR count). The summed E-state index contributed by atoms with van der Waals surface area (Å²) in [5.74, 6) is 1.18.